The molecule has 4 aromatic rings. The standard InChI is InChI=1S/C32H31F5N4O4/c1-6-25(32(35,36)37)39-19-13-22(33)27(23(34)14-19)29(42)40-24(31(44)45)12-18-9-10-21(28-20(18)8-7-11-38-28)26-16(3)15(2)17(4)41(5)30(26)43/h7-11,13-14,24-25,39H,6,12H2,1-5H3,(H,40,42)(H,44,45). The molecule has 4 rings (SSSR count). The van der Waals surface area contributed by atoms with Crippen LogP contribution in [0.25, 0.3) is 22.0 Å². The Morgan fingerprint density at radius 3 is 2.27 bits per heavy atom. The third-order valence-corrected chi connectivity index (χ3v) is 8.07. The van der Waals surface area contributed by atoms with Crippen LogP contribution in [-0.4, -0.2) is 44.8 Å². The molecule has 13 heteroatoms. The highest BCUT2D eigenvalue weighted by Gasteiger charge is 2.38. The lowest BCUT2D eigenvalue weighted by atomic mass is 9.92. The number of aliphatic carboxylic acids is 1. The molecule has 3 N–H and O–H groups in total. The number of anilines is 1. The number of fused-ring (bicyclic) bond motifs is 1. The number of nitrogens with one attached hydrogen (secondary N) is 2. The molecule has 0 saturated heterocycles. The Kier molecular flexibility index (Phi) is 9.31. The number of halogens is 5. The fraction of sp³-hybridized carbons (Fsp3) is 0.312. The minimum Gasteiger partial charge on any atom is -0.480 e. The van der Waals surface area contributed by atoms with E-state index in [-0.39, 0.29) is 12.0 Å². The molecule has 0 bridgehead atoms. The first kappa shape index (κ1) is 33.1. The van der Waals surface area contributed by atoms with Gasteiger partial charge in [-0.05, 0) is 62.1 Å². The molecule has 0 spiro atoms. The molecule has 2 aromatic carbocycles. The number of benzene rings is 2. The maximum atomic E-state index is 14.8. The van der Waals surface area contributed by atoms with Crippen LogP contribution >= 0.6 is 0 Å². The highest BCUT2D eigenvalue weighted by atomic mass is 19.4. The Hall–Kier alpha value is -4.81. The van der Waals surface area contributed by atoms with Crippen LogP contribution in [0.1, 0.15) is 46.1 Å². The molecule has 1 amide bonds. The first-order valence-corrected chi connectivity index (χ1v) is 14.0. The summed E-state index contributed by atoms with van der Waals surface area (Å²) in [4.78, 5) is 42.8. The minimum atomic E-state index is -4.68. The quantitative estimate of drug-likeness (QED) is 0.196. The van der Waals surface area contributed by atoms with E-state index in [0.717, 1.165) is 16.8 Å². The van der Waals surface area contributed by atoms with Gasteiger partial charge in [0, 0.05) is 42.0 Å². The van der Waals surface area contributed by atoms with Crippen molar-refractivity contribution in [1.82, 2.24) is 14.9 Å². The maximum Gasteiger partial charge on any atom is 0.408 e. The molecular formula is C32H31F5N4O4. The largest absolute Gasteiger partial charge is 0.480 e. The second-order valence-electron chi connectivity index (χ2n) is 10.8. The summed E-state index contributed by atoms with van der Waals surface area (Å²) in [6.45, 7) is 6.81. The molecule has 0 saturated carbocycles. The number of carbonyl (C=O) groups excluding carboxylic acids is 1. The Morgan fingerprint density at radius 2 is 1.69 bits per heavy atom. The van der Waals surface area contributed by atoms with E-state index < -0.39 is 59.4 Å². The SMILES string of the molecule is CCC(Nc1cc(F)c(C(=O)NC(Cc2ccc(-c3c(C)c(C)c(C)n(C)c3=O)c3ncccc23)C(=O)O)c(F)c1)C(F)(F)F. The lowest BCUT2D eigenvalue weighted by Gasteiger charge is -2.22. The fourth-order valence-electron chi connectivity index (χ4n) is 5.26. The normalized spacial score (nSPS) is 13.0. The van der Waals surface area contributed by atoms with Gasteiger partial charge in [-0.15, -0.1) is 0 Å². The third-order valence-electron chi connectivity index (χ3n) is 8.07. The number of amides is 1. The molecule has 238 valence electrons. The first-order valence-electron chi connectivity index (χ1n) is 14.0. The monoisotopic (exact) mass is 630 g/mol. The molecule has 0 aliphatic heterocycles. The van der Waals surface area contributed by atoms with Gasteiger partial charge in [-0.3, -0.25) is 14.6 Å². The molecule has 2 heterocycles. The molecule has 2 atom stereocenters. The maximum absolute atomic E-state index is 14.8. The van der Waals surface area contributed by atoms with E-state index in [1.807, 2.05) is 26.1 Å². The summed E-state index contributed by atoms with van der Waals surface area (Å²) in [5, 5.41) is 14.5. The van der Waals surface area contributed by atoms with Crippen molar-refractivity contribution in [2.45, 2.75) is 58.8 Å². The van der Waals surface area contributed by atoms with E-state index in [1.54, 1.807) is 31.3 Å². The van der Waals surface area contributed by atoms with Crippen LogP contribution in [0.3, 0.4) is 0 Å². The molecule has 0 aliphatic carbocycles. The summed E-state index contributed by atoms with van der Waals surface area (Å²) in [6, 6.07) is 3.88. The van der Waals surface area contributed by atoms with Gasteiger partial charge < -0.3 is 20.3 Å². The number of aromatic nitrogens is 2. The highest BCUT2D eigenvalue weighted by molar-refractivity contribution is 5.99. The van der Waals surface area contributed by atoms with Crippen molar-refractivity contribution in [3.63, 3.8) is 0 Å². The van der Waals surface area contributed by atoms with Gasteiger partial charge in [0.2, 0.25) is 0 Å². The Bertz CT molecular complexity index is 1850. The van der Waals surface area contributed by atoms with E-state index in [0.29, 0.717) is 39.7 Å². The van der Waals surface area contributed by atoms with Crippen molar-refractivity contribution in [3.8, 4) is 11.1 Å². The lowest BCUT2D eigenvalue weighted by Crippen LogP contribution is -2.43. The van der Waals surface area contributed by atoms with Crippen LogP contribution in [-0.2, 0) is 18.3 Å². The van der Waals surface area contributed by atoms with Crippen molar-refractivity contribution in [2.24, 2.45) is 7.05 Å². The van der Waals surface area contributed by atoms with Gasteiger partial charge in [0.05, 0.1) is 11.1 Å². The summed E-state index contributed by atoms with van der Waals surface area (Å²) in [5.74, 6) is -5.85. The Labute approximate surface area is 254 Å². The van der Waals surface area contributed by atoms with E-state index in [2.05, 4.69) is 10.3 Å². The summed E-state index contributed by atoms with van der Waals surface area (Å²) in [5.41, 5.74) is 2.37. The molecule has 2 aromatic heterocycles. The number of rotatable bonds is 9. The van der Waals surface area contributed by atoms with Gasteiger partial charge in [-0.25, -0.2) is 13.6 Å². The zero-order valence-electron chi connectivity index (χ0n) is 25.1. The summed E-state index contributed by atoms with van der Waals surface area (Å²) in [6.07, 6.45) is -3.90. The van der Waals surface area contributed by atoms with Crippen LogP contribution in [0.2, 0.25) is 0 Å². The lowest BCUT2D eigenvalue weighted by molar-refractivity contribution is -0.143. The average molecular weight is 631 g/mol. The Morgan fingerprint density at radius 1 is 1.04 bits per heavy atom. The first-order chi connectivity index (χ1) is 21.1. The van der Waals surface area contributed by atoms with Gasteiger partial charge >= 0.3 is 12.1 Å². The molecule has 0 fully saturated rings. The fourth-order valence-corrected chi connectivity index (χ4v) is 5.26. The average Bonchev–Trinajstić information content (AvgIpc) is 2.97. The summed E-state index contributed by atoms with van der Waals surface area (Å²) in [7, 11) is 1.66. The number of nitrogens with zero attached hydrogens (tertiary/aromatic N) is 2. The van der Waals surface area contributed by atoms with Gasteiger partial charge in [0.15, 0.2) is 0 Å². The molecule has 8 nitrogen and oxygen atoms in total. The number of carbonyl (C=O) groups is 2. The Balaban J connectivity index is 1.67. The van der Waals surface area contributed by atoms with Crippen molar-refractivity contribution >= 4 is 28.5 Å². The smallest absolute Gasteiger partial charge is 0.408 e. The molecular weight excluding hydrogens is 599 g/mol. The second-order valence-corrected chi connectivity index (χ2v) is 10.8. The van der Waals surface area contributed by atoms with Crippen molar-refractivity contribution in [1.29, 1.82) is 0 Å². The van der Waals surface area contributed by atoms with Crippen molar-refractivity contribution < 1.29 is 36.6 Å². The topological polar surface area (TPSA) is 113 Å². The number of alkyl halides is 3. The number of carboxylic acids is 1. The van der Waals surface area contributed by atoms with Crippen LogP contribution in [0.4, 0.5) is 27.6 Å². The zero-order chi connectivity index (χ0) is 33.4. The summed E-state index contributed by atoms with van der Waals surface area (Å²) >= 11 is 0. The predicted molar refractivity (Wildman–Crippen MR) is 159 cm³/mol. The molecule has 2 unspecified atom stereocenters. The summed E-state index contributed by atoms with van der Waals surface area (Å²) < 4.78 is 70.6. The second kappa shape index (κ2) is 12.7. The number of carboxylic acid groups (broad SMARTS) is 1. The van der Waals surface area contributed by atoms with Crippen LogP contribution in [0, 0.1) is 32.4 Å². The van der Waals surface area contributed by atoms with Gasteiger partial charge in [0.1, 0.15) is 29.3 Å². The molecule has 0 aliphatic rings. The third kappa shape index (κ3) is 6.52. The van der Waals surface area contributed by atoms with Crippen molar-refractivity contribution in [3.05, 3.63) is 92.5 Å². The molecule has 45 heavy (non-hydrogen) atoms. The molecule has 0 radical (unpaired) electrons. The van der Waals surface area contributed by atoms with Crippen molar-refractivity contribution in [2.75, 3.05) is 5.32 Å². The van der Waals surface area contributed by atoms with Crippen LogP contribution < -0.4 is 16.2 Å². The zero-order valence-corrected chi connectivity index (χ0v) is 25.1. The van der Waals surface area contributed by atoms with E-state index in [1.165, 1.54) is 17.7 Å². The van der Waals surface area contributed by atoms with Gasteiger partial charge in [0.25, 0.3) is 11.5 Å². The van der Waals surface area contributed by atoms with Gasteiger partial charge in [-0.1, -0.05) is 25.1 Å². The van der Waals surface area contributed by atoms with Gasteiger partial charge in [-0.2, -0.15) is 13.2 Å². The van der Waals surface area contributed by atoms with Crippen LogP contribution in [0.5, 0.6) is 0 Å². The number of pyridine rings is 2. The predicted octanol–water partition coefficient (Wildman–Crippen LogP) is 5.98. The highest BCUT2D eigenvalue weighted by Crippen LogP contribution is 2.32. The number of hydrogen-bond donors (Lipinski definition) is 3. The van der Waals surface area contributed by atoms with E-state index in [4.69, 9.17) is 0 Å². The minimum absolute atomic E-state index is 0.236. The van der Waals surface area contributed by atoms with E-state index >= 15 is 0 Å². The van der Waals surface area contributed by atoms with Crippen LogP contribution in [0.15, 0.2) is 47.4 Å². The number of hydrogen-bond acceptors (Lipinski definition) is 5. The van der Waals surface area contributed by atoms with E-state index in [9.17, 15) is 41.4 Å².